The van der Waals surface area contributed by atoms with Crippen LogP contribution in [0.25, 0.3) is 0 Å². The number of nitrogen functional groups attached to an aromatic ring is 1. The molecule has 2 heterocycles. The number of nitrogens with two attached hydrogens (primary N) is 1. The highest BCUT2D eigenvalue weighted by atomic mass is 32.1. The van der Waals surface area contributed by atoms with Gasteiger partial charge < -0.3 is 21.1 Å². The van der Waals surface area contributed by atoms with Gasteiger partial charge in [0.2, 0.25) is 0 Å². The van der Waals surface area contributed by atoms with Crippen LogP contribution in [0.15, 0.2) is 18.3 Å². The summed E-state index contributed by atoms with van der Waals surface area (Å²) in [5.74, 6) is 0.438. The van der Waals surface area contributed by atoms with Crippen LogP contribution < -0.4 is 21.1 Å². The van der Waals surface area contributed by atoms with Crippen molar-refractivity contribution in [3.05, 3.63) is 28.2 Å². The fourth-order valence-electron chi connectivity index (χ4n) is 1.96. The van der Waals surface area contributed by atoms with E-state index in [0.717, 1.165) is 15.6 Å². The van der Waals surface area contributed by atoms with Crippen molar-refractivity contribution in [2.24, 2.45) is 0 Å². The monoisotopic (exact) mass is 290 g/mol. The molecule has 0 spiro atoms. The number of nitrogens with one attached hydrogen (secondary N) is 2. The lowest BCUT2D eigenvalue weighted by atomic mass is 10.2. The number of aryl methyl sites for hydroxylation is 1. The predicted molar refractivity (Wildman–Crippen MR) is 79.2 cm³/mol. The summed E-state index contributed by atoms with van der Waals surface area (Å²) in [6, 6.07) is 3.50. The Hall–Kier alpha value is -2.28. The molecule has 3 rings (SSSR count). The number of amides is 1. The summed E-state index contributed by atoms with van der Waals surface area (Å²) in [6.45, 7) is 2.64. The van der Waals surface area contributed by atoms with Crippen LogP contribution >= 0.6 is 11.3 Å². The van der Waals surface area contributed by atoms with Crippen molar-refractivity contribution in [1.82, 2.24) is 4.98 Å². The molecule has 104 valence electrons. The first-order chi connectivity index (χ1) is 9.61. The number of rotatable bonds is 3. The highest BCUT2D eigenvalue weighted by Gasteiger charge is 2.17. The average Bonchev–Trinajstić information content (AvgIpc) is 2.83. The summed E-state index contributed by atoms with van der Waals surface area (Å²) in [5.41, 5.74) is 7.97. The average molecular weight is 290 g/mol. The maximum Gasteiger partial charge on any atom is 0.262 e. The Kier molecular flexibility index (Phi) is 3.19. The smallest absolute Gasteiger partial charge is 0.262 e. The van der Waals surface area contributed by atoms with Crippen molar-refractivity contribution in [2.75, 3.05) is 23.0 Å². The van der Waals surface area contributed by atoms with Gasteiger partial charge in [-0.2, -0.15) is 0 Å². The maximum atomic E-state index is 11.3. The first kappa shape index (κ1) is 12.7. The van der Waals surface area contributed by atoms with Crippen molar-refractivity contribution in [3.63, 3.8) is 0 Å². The quantitative estimate of drug-likeness (QED) is 0.752. The second-order valence-corrected chi connectivity index (χ2v) is 5.79. The molecule has 2 aromatic rings. The summed E-state index contributed by atoms with van der Waals surface area (Å²) in [4.78, 5) is 16.6. The molecular weight excluding hydrogens is 276 g/mol. The van der Waals surface area contributed by atoms with Crippen molar-refractivity contribution in [1.29, 1.82) is 0 Å². The number of benzene rings is 1. The molecule has 1 aromatic heterocycles. The molecule has 0 aliphatic carbocycles. The van der Waals surface area contributed by atoms with Gasteiger partial charge in [-0.05, 0) is 13.0 Å². The molecule has 0 fully saturated rings. The van der Waals surface area contributed by atoms with E-state index in [-0.39, 0.29) is 12.5 Å². The normalized spacial score (nSPS) is 13.3. The van der Waals surface area contributed by atoms with E-state index in [9.17, 15) is 4.79 Å². The minimum Gasteiger partial charge on any atom is -0.482 e. The van der Waals surface area contributed by atoms with E-state index in [4.69, 9.17) is 10.5 Å². The van der Waals surface area contributed by atoms with Gasteiger partial charge in [-0.3, -0.25) is 4.79 Å². The van der Waals surface area contributed by atoms with Gasteiger partial charge in [0.25, 0.3) is 5.91 Å². The van der Waals surface area contributed by atoms with Crippen LogP contribution in [-0.4, -0.2) is 17.5 Å². The summed E-state index contributed by atoms with van der Waals surface area (Å²) in [6.07, 6.45) is 1.84. The van der Waals surface area contributed by atoms with E-state index >= 15 is 0 Å². The van der Waals surface area contributed by atoms with Crippen LogP contribution in [0.3, 0.4) is 0 Å². The largest absolute Gasteiger partial charge is 0.482 e. The fraction of sp³-hybridized carbons (Fsp3) is 0.231. The highest BCUT2D eigenvalue weighted by molar-refractivity contribution is 7.11. The number of thiazole rings is 1. The van der Waals surface area contributed by atoms with Crippen molar-refractivity contribution in [3.8, 4) is 5.75 Å². The minimum atomic E-state index is -0.161. The van der Waals surface area contributed by atoms with Crippen LogP contribution in [0.5, 0.6) is 5.75 Å². The van der Waals surface area contributed by atoms with Crippen LogP contribution in [0.1, 0.15) is 9.88 Å². The van der Waals surface area contributed by atoms with Crippen LogP contribution in [0.2, 0.25) is 0 Å². The summed E-state index contributed by atoms with van der Waals surface area (Å²) >= 11 is 1.63. The van der Waals surface area contributed by atoms with Gasteiger partial charge >= 0.3 is 0 Å². The Bertz CT molecular complexity index is 668. The number of aromatic nitrogens is 1. The lowest BCUT2D eigenvalue weighted by Crippen LogP contribution is -2.25. The summed E-state index contributed by atoms with van der Waals surface area (Å²) in [5, 5.41) is 7.04. The molecule has 0 saturated carbocycles. The Morgan fingerprint density at radius 2 is 2.40 bits per heavy atom. The first-order valence-electron chi connectivity index (χ1n) is 6.13. The van der Waals surface area contributed by atoms with Crippen LogP contribution in [0, 0.1) is 6.92 Å². The van der Waals surface area contributed by atoms with Crippen molar-refractivity contribution in [2.45, 2.75) is 13.5 Å². The molecule has 0 radical (unpaired) electrons. The van der Waals surface area contributed by atoms with E-state index in [2.05, 4.69) is 15.6 Å². The van der Waals surface area contributed by atoms with Gasteiger partial charge in [0, 0.05) is 17.1 Å². The SMILES string of the molecule is Cc1ncc(CNc2cc3c(cc2N)OCC(=O)N3)s1. The molecule has 1 aliphatic heterocycles. The van der Waals surface area contributed by atoms with Gasteiger partial charge in [-0.15, -0.1) is 11.3 Å². The highest BCUT2D eigenvalue weighted by Crippen LogP contribution is 2.35. The zero-order chi connectivity index (χ0) is 14.1. The molecular formula is C13H14N4O2S. The van der Waals surface area contributed by atoms with E-state index < -0.39 is 0 Å². The Morgan fingerprint density at radius 1 is 1.55 bits per heavy atom. The van der Waals surface area contributed by atoms with Crippen LogP contribution in [0.4, 0.5) is 17.1 Å². The summed E-state index contributed by atoms with van der Waals surface area (Å²) in [7, 11) is 0. The maximum absolute atomic E-state index is 11.3. The molecule has 1 aromatic carbocycles. The third-order valence-electron chi connectivity index (χ3n) is 2.91. The number of anilines is 3. The molecule has 0 bridgehead atoms. The standard InChI is InChI=1S/C13H14N4O2S/c1-7-15-4-8(20-7)5-16-10-3-11-12(2-9(10)14)19-6-13(18)17-11/h2-4,16H,5-6,14H2,1H3,(H,17,18). The topological polar surface area (TPSA) is 89.3 Å². The van der Waals surface area contributed by atoms with Gasteiger partial charge in [0.15, 0.2) is 6.61 Å². The van der Waals surface area contributed by atoms with E-state index in [1.165, 1.54) is 0 Å². The molecule has 0 saturated heterocycles. The minimum absolute atomic E-state index is 0.0271. The van der Waals surface area contributed by atoms with E-state index in [1.54, 1.807) is 23.5 Å². The van der Waals surface area contributed by atoms with Gasteiger partial charge in [0.1, 0.15) is 5.75 Å². The Labute approximate surface area is 120 Å². The van der Waals surface area contributed by atoms with Gasteiger partial charge in [-0.25, -0.2) is 4.98 Å². The molecule has 1 amide bonds. The number of carbonyl (C=O) groups excluding carboxylic acids is 1. The zero-order valence-electron chi connectivity index (χ0n) is 10.9. The lowest BCUT2D eigenvalue weighted by molar-refractivity contribution is -0.118. The number of hydrogen-bond acceptors (Lipinski definition) is 6. The Morgan fingerprint density at radius 3 is 3.15 bits per heavy atom. The lowest BCUT2D eigenvalue weighted by Gasteiger charge is -2.20. The predicted octanol–water partition coefficient (Wildman–Crippen LogP) is 1.98. The number of carbonyl (C=O) groups is 1. The molecule has 0 atom stereocenters. The first-order valence-corrected chi connectivity index (χ1v) is 6.95. The fourth-order valence-corrected chi connectivity index (χ4v) is 2.70. The third kappa shape index (κ3) is 2.53. The molecule has 1 aliphatic rings. The van der Waals surface area contributed by atoms with Gasteiger partial charge in [0.05, 0.1) is 28.6 Å². The third-order valence-corrected chi connectivity index (χ3v) is 3.82. The second kappa shape index (κ2) is 5.01. The van der Waals surface area contributed by atoms with Crippen molar-refractivity contribution < 1.29 is 9.53 Å². The van der Waals surface area contributed by atoms with Gasteiger partial charge in [-0.1, -0.05) is 0 Å². The number of ether oxygens (including phenoxy) is 1. The Balaban J connectivity index is 1.79. The summed E-state index contributed by atoms with van der Waals surface area (Å²) < 4.78 is 5.31. The van der Waals surface area contributed by atoms with Crippen molar-refractivity contribution >= 4 is 34.3 Å². The second-order valence-electron chi connectivity index (χ2n) is 4.47. The van der Waals surface area contributed by atoms with Crippen LogP contribution in [-0.2, 0) is 11.3 Å². The molecule has 20 heavy (non-hydrogen) atoms. The molecule has 7 heteroatoms. The molecule has 6 nitrogen and oxygen atoms in total. The molecule has 0 unspecified atom stereocenters. The number of nitrogens with zero attached hydrogens (tertiary/aromatic N) is 1. The van der Waals surface area contributed by atoms with E-state index in [1.807, 2.05) is 13.1 Å². The zero-order valence-corrected chi connectivity index (χ0v) is 11.7. The number of fused-ring (bicyclic) bond motifs is 1. The number of hydrogen-bond donors (Lipinski definition) is 3. The molecule has 4 N–H and O–H groups in total. The van der Waals surface area contributed by atoms with E-state index in [0.29, 0.717) is 23.7 Å².